The van der Waals surface area contributed by atoms with Crippen LogP contribution in [0.5, 0.6) is 11.5 Å². The van der Waals surface area contributed by atoms with Crippen molar-refractivity contribution < 1.29 is 9.84 Å². The summed E-state index contributed by atoms with van der Waals surface area (Å²) in [5.74, 6) is 0.745. The van der Waals surface area contributed by atoms with Gasteiger partial charge in [-0.3, -0.25) is 0 Å². The van der Waals surface area contributed by atoms with Crippen LogP contribution in [-0.2, 0) is 6.54 Å². The molecular weight excluding hydrogens is 238 g/mol. The minimum Gasteiger partial charge on any atom is -0.504 e. The normalized spacial score (nSPS) is 19.3. The number of aromatic hydroxyl groups is 1. The Kier molecular flexibility index (Phi) is 4.35. The fourth-order valence-corrected chi connectivity index (χ4v) is 2.71. The Balaban J connectivity index is 1.84. The maximum atomic E-state index is 9.74. The molecule has 1 fully saturated rings. The van der Waals surface area contributed by atoms with Gasteiger partial charge >= 0.3 is 0 Å². The first-order chi connectivity index (χ1) is 9.00. The minimum absolute atomic E-state index is 0.214. The number of hydrogen-bond acceptors (Lipinski definition) is 3. The van der Waals surface area contributed by atoms with E-state index in [0.717, 1.165) is 12.1 Å². The number of phenolic OH excluding ortho intramolecular Hbond substituents is 1. The van der Waals surface area contributed by atoms with E-state index >= 15 is 0 Å². The summed E-state index contributed by atoms with van der Waals surface area (Å²) in [6.07, 6.45) is 5.07. The van der Waals surface area contributed by atoms with Crippen molar-refractivity contribution in [3.63, 3.8) is 0 Å². The fourth-order valence-electron chi connectivity index (χ4n) is 2.71. The van der Waals surface area contributed by atoms with Crippen LogP contribution in [0.25, 0.3) is 0 Å². The Bertz CT molecular complexity index is 419. The molecule has 1 aliphatic carbocycles. The minimum atomic E-state index is 0.214. The highest BCUT2D eigenvalue weighted by molar-refractivity contribution is 5.41. The molecule has 0 unspecified atom stereocenters. The zero-order valence-corrected chi connectivity index (χ0v) is 12.2. The predicted octanol–water partition coefficient (Wildman–Crippen LogP) is 3.46. The molecule has 1 saturated carbocycles. The molecule has 1 aliphatic rings. The Labute approximate surface area is 116 Å². The van der Waals surface area contributed by atoms with Gasteiger partial charge in [-0.05, 0) is 48.8 Å². The van der Waals surface area contributed by atoms with E-state index in [1.165, 1.54) is 25.7 Å². The monoisotopic (exact) mass is 263 g/mol. The topological polar surface area (TPSA) is 41.5 Å². The van der Waals surface area contributed by atoms with Gasteiger partial charge in [-0.2, -0.15) is 0 Å². The van der Waals surface area contributed by atoms with Crippen molar-refractivity contribution in [2.24, 2.45) is 5.41 Å². The van der Waals surface area contributed by atoms with Crippen molar-refractivity contribution >= 4 is 0 Å². The maximum absolute atomic E-state index is 9.74. The van der Waals surface area contributed by atoms with Crippen molar-refractivity contribution in [3.8, 4) is 11.5 Å². The average molecular weight is 263 g/mol. The smallest absolute Gasteiger partial charge is 0.160 e. The van der Waals surface area contributed by atoms with E-state index < -0.39 is 0 Å². The highest BCUT2D eigenvalue weighted by Gasteiger charge is 2.26. The molecule has 0 saturated heterocycles. The first-order valence-electron chi connectivity index (χ1n) is 7.09. The van der Waals surface area contributed by atoms with Gasteiger partial charge in [-0.25, -0.2) is 0 Å². The summed E-state index contributed by atoms with van der Waals surface area (Å²) < 4.78 is 5.05. The molecule has 0 heterocycles. The highest BCUT2D eigenvalue weighted by atomic mass is 16.5. The number of rotatable bonds is 4. The van der Waals surface area contributed by atoms with Gasteiger partial charge in [0.2, 0.25) is 0 Å². The van der Waals surface area contributed by atoms with Crippen LogP contribution >= 0.6 is 0 Å². The van der Waals surface area contributed by atoms with Crippen LogP contribution in [0.1, 0.15) is 45.1 Å². The summed E-state index contributed by atoms with van der Waals surface area (Å²) in [6.45, 7) is 5.51. The molecule has 3 heteroatoms. The molecule has 0 radical (unpaired) electrons. The van der Waals surface area contributed by atoms with Gasteiger partial charge in [0.1, 0.15) is 0 Å². The zero-order chi connectivity index (χ0) is 13.9. The van der Waals surface area contributed by atoms with Crippen molar-refractivity contribution in [2.75, 3.05) is 7.11 Å². The molecule has 0 bridgehead atoms. The van der Waals surface area contributed by atoms with Crippen molar-refractivity contribution in [1.82, 2.24) is 5.32 Å². The summed E-state index contributed by atoms with van der Waals surface area (Å²) in [5.41, 5.74) is 1.61. The van der Waals surface area contributed by atoms with Crippen LogP contribution in [0.2, 0.25) is 0 Å². The molecule has 1 aromatic rings. The van der Waals surface area contributed by atoms with E-state index in [1.54, 1.807) is 13.2 Å². The Morgan fingerprint density at radius 1 is 1.32 bits per heavy atom. The molecule has 19 heavy (non-hydrogen) atoms. The average Bonchev–Trinajstić information content (AvgIpc) is 2.38. The largest absolute Gasteiger partial charge is 0.504 e. The fraction of sp³-hybridized carbons (Fsp3) is 0.625. The molecule has 2 rings (SSSR count). The van der Waals surface area contributed by atoms with E-state index in [0.29, 0.717) is 17.2 Å². The van der Waals surface area contributed by atoms with Crippen LogP contribution in [0.15, 0.2) is 18.2 Å². The van der Waals surface area contributed by atoms with E-state index in [4.69, 9.17) is 4.74 Å². The van der Waals surface area contributed by atoms with Crippen molar-refractivity contribution in [1.29, 1.82) is 0 Å². The van der Waals surface area contributed by atoms with E-state index in [-0.39, 0.29) is 5.75 Å². The van der Waals surface area contributed by atoms with Gasteiger partial charge in [0.05, 0.1) is 7.11 Å². The van der Waals surface area contributed by atoms with Gasteiger partial charge in [0.15, 0.2) is 11.5 Å². The maximum Gasteiger partial charge on any atom is 0.160 e. The number of methoxy groups -OCH3 is 1. The summed E-state index contributed by atoms with van der Waals surface area (Å²) in [4.78, 5) is 0. The lowest BCUT2D eigenvalue weighted by Crippen LogP contribution is -2.35. The van der Waals surface area contributed by atoms with Crippen LogP contribution < -0.4 is 10.1 Å². The van der Waals surface area contributed by atoms with E-state index in [9.17, 15) is 5.11 Å². The number of phenols is 1. The molecule has 106 valence electrons. The van der Waals surface area contributed by atoms with Gasteiger partial charge in [-0.15, -0.1) is 0 Å². The lowest BCUT2D eigenvalue weighted by Gasteiger charge is -2.34. The number of nitrogens with one attached hydrogen (secondary N) is 1. The summed E-state index contributed by atoms with van der Waals surface area (Å²) in [6, 6.07) is 6.20. The number of hydrogen-bond donors (Lipinski definition) is 2. The lowest BCUT2D eigenvalue weighted by molar-refractivity contribution is 0.206. The third kappa shape index (κ3) is 3.87. The second-order valence-electron chi connectivity index (χ2n) is 6.33. The highest BCUT2D eigenvalue weighted by Crippen LogP contribution is 2.35. The summed E-state index contributed by atoms with van der Waals surface area (Å²) in [7, 11) is 1.57. The molecular formula is C16H25NO2. The zero-order valence-electron chi connectivity index (χ0n) is 12.2. The van der Waals surface area contributed by atoms with Gasteiger partial charge in [0.25, 0.3) is 0 Å². The first-order valence-corrected chi connectivity index (χ1v) is 7.09. The van der Waals surface area contributed by atoms with Crippen molar-refractivity contribution in [3.05, 3.63) is 23.8 Å². The van der Waals surface area contributed by atoms with Crippen LogP contribution in [0, 0.1) is 5.41 Å². The van der Waals surface area contributed by atoms with Gasteiger partial charge in [-0.1, -0.05) is 19.9 Å². The molecule has 0 aliphatic heterocycles. The van der Waals surface area contributed by atoms with E-state index in [2.05, 4.69) is 19.2 Å². The number of ether oxygens (including phenoxy) is 1. The van der Waals surface area contributed by atoms with Gasteiger partial charge < -0.3 is 15.2 Å². The SMILES string of the molecule is COc1ccc(CNC2CCC(C)(C)CC2)cc1O. The molecule has 0 amide bonds. The van der Waals surface area contributed by atoms with E-state index in [1.807, 2.05) is 12.1 Å². The molecule has 0 atom stereocenters. The molecule has 2 N–H and O–H groups in total. The Morgan fingerprint density at radius 2 is 2.00 bits per heavy atom. The first kappa shape index (κ1) is 14.2. The van der Waals surface area contributed by atoms with Crippen LogP contribution in [0.4, 0.5) is 0 Å². The number of benzene rings is 1. The second-order valence-corrected chi connectivity index (χ2v) is 6.33. The van der Waals surface area contributed by atoms with Crippen LogP contribution in [-0.4, -0.2) is 18.3 Å². The standard InChI is InChI=1S/C16H25NO2/c1-16(2)8-6-13(7-9-16)17-11-12-4-5-15(19-3)14(18)10-12/h4-5,10,13,17-18H,6-9,11H2,1-3H3. The summed E-state index contributed by atoms with van der Waals surface area (Å²) in [5, 5.41) is 13.3. The molecule has 0 spiro atoms. The third-order valence-electron chi connectivity index (χ3n) is 4.18. The molecule has 3 nitrogen and oxygen atoms in total. The van der Waals surface area contributed by atoms with Crippen molar-refractivity contribution in [2.45, 2.75) is 52.1 Å². The third-order valence-corrected chi connectivity index (χ3v) is 4.18. The summed E-state index contributed by atoms with van der Waals surface area (Å²) >= 11 is 0. The molecule has 1 aromatic carbocycles. The van der Waals surface area contributed by atoms with Crippen LogP contribution in [0.3, 0.4) is 0 Å². The predicted molar refractivity (Wildman–Crippen MR) is 77.5 cm³/mol. The van der Waals surface area contributed by atoms with Gasteiger partial charge in [0, 0.05) is 12.6 Å². The lowest BCUT2D eigenvalue weighted by atomic mass is 9.75. The Hall–Kier alpha value is -1.22. The quantitative estimate of drug-likeness (QED) is 0.874. The Morgan fingerprint density at radius 3 is 2.58 bits per heavy atom. The second kappa shape index (κ2) is 5.83. The molecule has 0 aromatic heterocycles.